The van der Waals surface area contributed by atoms with Crippen molar-refractivity contribution in [3.8, 4) is 0 Å². The van der Waals surface area contributed by atoms with Crippen LogP contribution in [0.4, 0.5) is 5.69 Å². The molecule has 2 N–H and O–H groups in total. The number of carboxylic acid groups (broad SMARTS) is 1. The van der Waals surface area contributed by atoms with E-state index in [9.17, 15) is 9.59 Å². The molecule has 1 atom stereocenters. The Bertz CT molecular complexity index is 448. The van der Waals surface area contributed by atoms with E-state index in [1.807, 2.05) is 24.3 Å². The van der Waals surface area contributed by atoms with Gasteiger partial charge in [0.2, 0.25) is 6.41 Å². The maximum Gasteiger partial charge on any atom is 0.326 e. The lowest BCUT2D eigenvalue weighted by Gasteiger charge is -2.23. The first-order chi connectivity index (χ1) is 10.1. The van der Waals surface area contributed by atoms with Crippen LogP contribution in [-0.2, 0) is 16.0 Å². The van der Waals surface area contributed by atoms with Crippen LogP contribution in [-0.4, -0.2) is 48.4 Å². The minimum Gasteiger partial charge on any atom is -0.480 e. The minimum atomic E-state index is -1.06. The van der Waals surface area contributed by atoms with Gasteiger partial charge in [0.25, 0.3) is 0 Å². The number of hydrogen-bond donors (Lipinski definition) is 2. The largest absolute Gasteiger partial charge is 0.480 e. The van der Waals surface area contributed by atoms with Crippen LogP contribution < -0.4 is 10.2 Å². The highest BCUT2D eigenvalue weighted by molar-refractivity contribution is 6.18. The number of amides is 1. The summed E-state index contributed by atoms with van der Waals surface area (Å²) >= 11 is 11.5. The smallest absolute Gasteiger partial charge is 0.326 e. The first kappa shape index (κ1) is 17.6. The highest BCUT2D eigenvalue weighted by Gasteiger charge is 2.16. The Labute approximate surface area is 133 Å². The van der Waals surface area contributed by atoms with Gasteiger partial charge >= 0.3 is 5.97 Å². The lowest BCUT2D eigenvalue weighted by molar-refractivity contribution is -0.140. The molecule has 1 rings (SSSR count). The molecule has 0 spiro atoms. The minimum absolute atomic E-state index is 0.235. The first-order valence-electron chi connectivity index (χ1n) is 6.50. The summed E-state index contributed by atoms with van der Waals surface area (Å²) in [6.45, 7) is 1.39. The zero-order chi connectivity index (χ0) is 15.7. The van der Waals surface area contributed by atoms with Crippen molar-refractivity contribution in [3.05, 3.63) is 29.8 Å². The van der Waals surface area contributed by atoms with Gasteiger partial charge in [-0.15, -0.1) is 23.2 Å². The average molecular weight is 333 g/mol. The van der Waals surface area contributed by atoms with Gasteiger partial charge in [-0.25, -0.2) is 4.79 Å². The third kappa shape index (κ3) is 5.81. The number of alkyl halides is 2. The summed E-state index contributed by atoms with van der Waals surface area (Å²) in [6.07, 6.45) is 0.634. The molecule has 1 unspecified atom stereocenters. The summed E-state index contributed by atoms with van der Waals surface area (Å²) in [5, 5.41) is 11.3. The predicted molar refractivity (Wildman–Crippen MR) is 84.4 cm³/mol. The highest BCUT2D eigenvalue weighted by atomic mass is 35.5. The third-order valence-electron chi connectivity index (χ3n) is 3.02. The molecule has 21 heavy (non-hydrogen) atoms. The molecule has 0 aliphatic heterocycles. The lowest BCUT2D eigenvalue weighted by atomic mass is 10.1. The fourth-order valence-corrected chi connectivity index (χ4v) is 2.36. The number of rotatable bonds is 10. The maximum absolute atomic E-state index is 11.0. The molecule has 0 aliphatic carbocycles. The molecule has 0 aliphatic rings. The van der Waals surface area contributed by atoms with Gasteiger partial charge in [0.15, 0.2) is 0 Å². The summed E-state index contributed by atoms with van der Waals surface area (Å²) in [7, 11) is 0. The zero-order valence-electron chi connectivity index (χ0n) is 11.5. The molecule has 7 heteroatoms. The predicted octanol–water partition coefficient (Wildman–Crippen LogP) is 1.71. The quantitative estimate of drug-likeness (QED) is 0.505. The summed E-state index contributed by atoms with van der Waals surface area (Å²) < 4.78 is 0. The van der Waals surface area contributed by atoms with Gasteiger partial charge in [-0.3, -0.25) is 4.79 Å². The van der Waals surface area contributed by atoms with Gasteiger partial charge in [-0.1, -0.05) is 12.1 Å². The van der Waals surface area contributed by atoms with Gasteiger partial charge in [-0.05, 0) is 17.7 Å². The number of halogens is 2. The Morgan fingerprint density at radius 1 is 1.24 bits per heavy atom. The van der Waals surface area contributed by atoms with E-state index in [1.54, 1.807) is 0 Å². The number of nitrogens with one attached hydrogen (secondary N) is 1. The van der Waals surface area contributed by atoms with Gasteiger partial charge < -0.3 is 15.3 Å². The van der Waals surface area contributed by atoms with Gasteiger partial charge in [-0.2, -0.15) is 0 Å². The second-order valence-electron chi connectivity index (χ2n) is 4.41. The maximum atomic E-state index is 11.0. The topological polar surface area (TPSA) is 69.6 Å². The van der Waals surface area contributed by atoms with Crippen molar-refractivity contribution in [3.63, 3.8) is 0 Å². The van der Waals surface area contributed by atoms with Crippen molar-refractivity contribution in [2.45, 2.75) is 12.5 Å². The number of benzene rings is 1. The zero-order valence-corrected chi connectivity index (χ0v) is 13.0. The number of hydrogen-bond acceptors (Lipinski definition) is 3. The molecule has 0 saturated heterocycles. The summed E-state index contributed by atoms with van der Waals surface area (Å²) in [5.74, 6) is -0.0523. The van der Waals surface area contributed by atoms with E-state index in [-0.39, 0.29) is 6.42 Å². The van der Waals surface area contributed by atoms with Crippen LogP contribution in [0.15, 0.2) is 24.3 Å². The number of carbonyl (C=O) groups is 2. The molecular formula is C14H18Cl2N2O3. The number of aliphatic carboxylic acids is 1. The number of nitrogens with zero attached hydrogens (tertiary/aromatic N) is 1. The molecule has 1 aromatic carbocycles. The van der Waals surface area contributed by atoms with Crippen LogP contribution >= 0.6 is 23.2 Å². The second kappa shape index (κ2) is 9.47. The Morgan fingerprint density at radius 2 is 1.81 bits per heavy atom. The Morgan fingerprint density at radius 3 is 2.24 bits per heavy atom. The van der Waals surface area contributed by atoms with Crippen LogP contribution in [0.5, 0.6) is 0 Å². The van der Waals surface area contributed by atoms with Crippen LogP contribution in [0.1, 0.15) is 5.56 Å². The van der Waals surface area contributed by atoms with E-state index in [0.717, 1.165) is 11.3 Å². The fourth-order valence-electron chi connectivity index (χ4n) is 1.95. The summed E-state index contributed by atoms with van der Waals surface area (Å²) in [6, 6.07) is 6.55. The van der Waals surface area contributed by atoms with E-state index in [0.29, 0.717) is 31.3 Å². The SMILES string of the molecule is O=CNC(Cc1ccc(N(CCCl)CCCl)cc1)C(=O)O. The van der Waals surface area contributed by atoms with Crippen molar-refractivity contribution < 1.29 is 14.7 Å². The Balaban J connectivity index is 2.75. The monoisotopic (exact) mass is 332 g/mol. The molecule has 1 amide bonds. The van der Waals surface area contributed by atoms with E-state index >= 15 is 0 Å². The number of carboxylic acids is 1. The van der Waals surface area contributed by atoms with Crippen LogP contribution in [0.2, 0.25) is 0 Å². The third-order valence-corrected chi connectivity index (χ3v) is 3.36. The number of anilines is 1. The average Bonchev–Trinajstić information content (AvgIpc) is 2.47. The van der Waals surface area contributed by atoms with E-state index in [1.165, 1.54) is 0 Å². The molecular weight excluding hydrogens is 315 g/mol. The van der Waals surface area contributed by atoms with Crippen molar-refractivity contribution in [2.75, 3.05) is 29.7 Å². The molecule has 0 bridgehead atoms. The standard InChI is InChI=1S/C14H18Cl2N2O3/c15-5-7-18(8-6-16)12-3-1-11(2-4-12)9-13(14(20)21)17-10-19/h1-4,10,13H,5-9H2,(H,17,19)(H,20,21). The molecule has 0 saturated carbocycles. The van der Waals surface area contributed by atoms with Crippen molar-refractivity contribution in [1.82, 2.24) is 5.32 Å². The summed E-state index contributed by atoms with van der Waals surface area (Å²) in [4.78, 5) is 23.4. The molecule has 0 radical (unpaired) electrons. The Kier molecular flexibility index (Phi) is 7.93. The molecule has 5 nitrogen and oxygen atoms in total. The summed E-state index contributed by atoms with van der Waals surface area (Å²) in [5.41, 5.74) is 1.81. The highest BCUT2D eigenvalue weighted by Crippen LogP contribution is 2.16. The van der Waals surface area contributed by atoms with Crippen LogP contribution in [0.3, 0.4) is 0 Å². The lowest BCUT2D eigenvalue weighted by Crippen LogP contribution is -2.37. The van der Waals surface area contributed by atoms with E-state index < -0.39 is 12.0 Å². The molecule has 0 heterocycles. The first-order valence-corrected chi connectivity index (χ1v) is 7.57. The fraction of sp³-hybridized carbons (Fsp3) is 0.429. The van der Waals surface area contributed by atoms with E-state index in [4.69, 9.17) is 28.3 Å². The van der Waals surface area contributed by atoms with Crippen LogP contribution in [0.25, 0.3) is 0 Å². The second-order valence-corrected chi connectivity index (χ2v) is 5.17. The van der Waals surface area contributed by atoms with Crippen molar-refractivity contribution in [2.24, 2.45) is 0 Å². The molecule has 116 valence electrons. The molecule has 0 fully saturated rings. The Hall–Kier alpha value is -1.46. The van der Waals surface area contributed by atoms with Gasteiger partial charge in [0.05, 0.1) is 0 Å². The van der Waals surface area contributed by atoms with Crippen LogP contribution in [0, 0.1) is 0 Å². The molecule has 0 aromatic heterocycles. The van der Waals surface area contributed by atoms with Crippen molar-refractivity contribution in [1.29, 1.82) is 0 Å². The van der Waals surface area contributed by atoms with Crippen molar-refractivity contribution >= 4 is 41.3 Å². The number of carbonyl (C=O) groups excluding carboxylic acids is 1. The normalized spacial score (nSPS) is 11.7. The van der Waals surface area contributed by atoms with Gasteiger partial charge in [0, 0.05) is 37.0 Å². The molecule has 1 aromatic rings. The van der Waals surface area contributed by atoms with Gasteiger partial charge in [0.1, 0.15) is 6.04 Å². The van der Waals surface area contributed by atoms with E-state index in [2.05, 4.69) is 10.2 Å².